The third-order valence-electron chi connectivity index (χ3n) is 5.52. The second kappa shape index (κ2) is 10.6. The van der Waals surface area contributed by atoms with Crippen LogP contribution in [0, 0.1) is 32.6 Å². The Morgan fingerprint density at radius 2 is 1.92 bits per heavy atom. The standard InChI is InChI=1S/C25H21ClF3N7O2/c1-14-11-17(6-7-18(14)26)35(10-4-5-21-30-9-8-15(2)31-21)23(38)19-13-22(37)34-36(19)24-32-16(3)12-20(33-24)25(27,28)29/h6-9,11-12,19H,10,13H2,1-3H3,(H,34,37). The zero-order valence-electron chi connectivity index (χ0n) is 20.5. The number of rotatable bonds is 4. The summed E-state index contributed by atoms with van der Waals surface area (Å²) in [6.45, 7) is 4.78. The number of alkyl halides is 3. The Hall–Kier alpha value is -4.24. The van der Waals surface area contributed by atoms with Crippen LogP contribution in [0.1, 0.15) is 34.9 Å². The van der Waals surface area contributed by atoms with E-state index in [-0.39, 0.29) is 24.5 Å². The molecule has 0 aliphatic carbocycles. The van der Waals surface area contributed by atoms with Gasteiger partial charge in [-0.25, -0.2) is 24.9 Å². The van der Waals surface area contributed by atoms with Crippen molar-refractivity contribution in [2.45, 2.75) is 39.4 Å². The molecular formula is C25H21ClF3N7O2. The van der Waals surface area contributed by atoms with Crippen LogP contribution in [0.15, 0.2) is 36.5 Å². The van der Waals surface area contributed by atoms with Gasteiger partial charge in [0.1, 0.15) is 11.7 Å². The number of hydrogen-bond donors (Lipinski definition) is 1. The Bertz CT molecular complexity index is 1470. The smallest absolute Gasteiger partial charge is 0.299 e. The first-order valence-corrected chi connectivity index (χ1v) is 11.7. The molecule has 1 unspecified atom stereocenters. The monoisotopic (exact) mass is 543 g/mol. The van der Waals surface area contributed by atoms with Gasteiger partial charge in [-0.15, -0.1) is 0 Å². The van der Waals surface area contributed by atoms with Crippen LogP contribution in [-0.2, 0) is 15.8 Å². The maximum Gasteiger partial charge on any atom is 0.433 e. The number of anilines is 2. The van der Waals surface area contributed by atoms with E-state index in [1.807, 2.05) is 0 Å². The van der Waals surface area contributed by atoms with Crippen molar-refractivity contribution in [2.24, 2.45) is 0 Å². The average Bonchev–Trinajstić information content (AvgIpc) is 3.24. The molecule has 13 heteroatoms. The SMILES string of the molecule is Cc1ccnc(C#CCN(C(=O)C2CC(=O)NN2c2nc(C)cc(C(F)(F)F)n2)c2ccc(Cl)c(C)c2)n1. The van der Waals surface area contributed by atoms with Crippen LogP contribution in [-0.4, -0.2) is 44.3 Å². The Morgan fingerprint density at radius 3 is 2.61 bits per heavy atom. The zero-order chi connectivity index (χ0) is 27.6. The number of aromatic nitrogens is 4. The summed E-state index contributed by atoms with van der Waals surface area (Å²) in [6.07, 6.45) is -3.51. The molecule has 2 amide bonds. The molecule has 3 aromatic rings. The third kappa shape index (κ3) is 6.00. The van der Waals surface area contributed by atoms with Crippen LogP contribution < -0.4 is 15.3 Å². The fraction of sp³-hybridized carbons (Fsp3) is 0.280. The van der Waals surface area contributed by atoms with E-state index < -0.39 is 35.7 Å². The fourth-order valence-electron chi connectivity index (χ4n) is 3.70. The lowest BCUT2D eigenvalue weighted by molar-refractivity contribution is -0.141. The summed E-state index contributed by atoms with van der Waals surface area (Å²) < 4.78 is 40.2. The van der Waals surface area contributed by atoms with E-state index in [1.54, 1.807) is 44.3 Å². The van der Waals surface area contributed by atoms with Crippen molar-refractivity contribution in [1.29, 1.82) is 0 Å². The molecule has 3 heterocycles. The number of carbonyl (C=O) groups is 2. The van der Waals surface area contributed by atoms with Crippen LogP contribution in [0.25, 0.3) is 0 Å². The van der Waals surface area contributed by atoms with Crippen molar-refractivity contribution >= 4 is 35.1 Å². The molecule has 1 aromatic carbocycles. The molecule has 1 fully saturated rings. The van der Waals surface area contributed by atoms with Crippen LogP contribution in [0.4, 0.5) is 24.8 Å². The highest BCUT2D eigenvalue weighted by Crippen LogP contribution is 2.31. The zero-order valence-corrected chi connectivity index (χ0v) is 21.2. The van der Waals surface area contributed by atoms with E-state index in [9.17, 15) is 22.8 Å². The average molecular weight is 544 g/mol. The topological polar surface area (TPSA) is 104 Å². The number of benzene rings is 1. The number of aryl methyl sites for hydroxylation is 3. The van der Waals surface area contributed by atoms with Crippen molar-refractivity contribution in [1.82, 2.24) is 25.4 Å². The van der Waals surface area contributed by atoms with Gasteiger partial charge in [0.25, 0.3) is 5.91 Å². The molecule has 38 heavy (non-hydrogen) atoms. The molecule has 0 bridgehead atoms. The number of amides is 2. The highest BCUT2D eigenvalue weighted by Gasteiger charge is 2.41. The maximum absolute atomic E-state index is 13.8. The second-order valence-corrected chi connectivity index (χ2v) is 8.91. The van der Waals surface area contributed by atoms with E-state index in [4.69, 9.17) is 11.6 Å². The van der Waals surface area contributed by atoms with E-state index in [2.05, 4.69) is 37.2 Å². The van der Waals surface area contributed by atoms with E-state index >= 15 is 0 Å². The first-order chi connectivity index (χ1) is 17.9. The fourth-order valence-corrected chi connectivity index (χ4v) is 3.82. The van der Waals surface area contributed by atoms with Gasteiger partial charge in [-0.05, 0) is 62.6 Å². The van der Waals surface area contributed by atoms with E-state index in [1.165, 1.54) is 11.8 Å². The lowest BCUT2D eigenvalue weighted by atomic mass is 10.1. The molecule has 4 rings (SSSR count). The molecule has 0 spiro atoms. The molecule has 196 valence electrons. The van der Waals surface area contributed by atoms with Crippen molar-refractivity contribution < 1.29 is 22.8 Å². The number of nitrogens with one attached hydrogen (secondary N) is 1. The van der Waals surface area contributed by atoms with Gasteiger partial charge in [0.2, 0.25) is 17.7 Å². The summed E-state index contributed by atoms with van der Waals surface area (Å²) in [5.74, 6) is 4.29. The molecule has 1 atom stereocenters. The van der Waals surface area contributed by atoms with Crippen molar-refractivity contribution in [3.63, 3.8) is 0 Å². The first-order valence-electron chi connectivity index (χ1n) is 11.3. The largest absolute Gasteiger partial charge is 0.433 e. The summed E-state index contributed by atoms with van der Waals surface area (Å²) in [7, 11) is 0. The molecule has 1 saturated heterocycles. The van der Waals surface area contributed by atoms with Gasteiger partial charge in [-0.3, -0.25) is 19.9 Å². The van der Waals surface area contributed by atoms with Crippen LogP contribution in [0.2, 0.25) is 5.02 Å². The third-order valence-corrected chi connectivity index (χ3v) is 5.94. The molecule has 1 N–H and O–H groups in total. The summed E-state index contributed by atoms with van der Waals surface area (Å²) in [6, 6.07) is 6.15. The number of halogens is 4. The van der Waals surface area contributed by atoms with Gasteiger partial charge in [-0.1, -0.05) is 17.5 Å². The minimum absolute atomic E-state index is 0.0175. The number of carbonyl (C=O) groups excluding carboxylic acids is 2. The van der Waals surface area contributed by atoms with Crippen LogP contribution in [0.3, 0.4) is 0 Å². The summed E-state index contributed by atoms with van der Waals surface area (Å²) in [5.41, 5.74) is 3.05. The quantitative estimate of drug-likeness (QED) is 0.502. The Kier molecular flexibility index (Phi) is 7.50. The second-order valence-electron chi connectivity index (χ2n) is 8.50. The first kappa shape index (κ1) is 26.8. The van der Waals surface area contributed by atoms with Gasteiger partial charge in [0.05, 0.1) is 13.0 Å². The normalized spacial score (nSPS) is 15.1. The lowest BCUT2D eigenvalue weighted by Gasteiger charge is -2.29. The van der Waals surface area contributed by atoms with Gasteiger partial charge in [-0.2, -0.15) is 13.2 Å². The van der Waals surface area contributed by atoms with Gasteiger partial charge in [0, 0.05) is 28.3 Å². The molecule has 0 radical (unpaired) electrons. The molecule has 0 saturated carbocycles. The number of nitrogens with zero attached hydrogens (tertiary/aromatic N) is 6. The summed E-state index contributed by atoms with van der Waals surface area (Å²) >= 11 is 6.16. The molecule has 1 aliphatic rings. The van der Waals surface area contributed by atoms with E-state index in [0.29, 0.717) is 22.0 Å². The lowest BCUT2D eigenvalue weighted by Crippen LogP contribution is -2.50. The highest BCUT2D eigenvalue weighted by molar-refractivity contribution is 6.31. The highest BCUT2D eigenvalue weighted by atomic mass is 35.5. The Balaban J connectivity index is 1.71. The predicted molar refractivity (Wildman–Crippen MR) is 133 cm³/mol. The maximum atomic E-state index is 13.8. The number of hydrogen-bond acceptors (Lipinski definition) is 7. The predicted octanol–water partition coefficient (Wildman–Crippen LogP) is 3.56. The van der Waals surface area contributed by atoms with Crippen molar-refractivity contribution in [3.05, 3.63) is 70.0 Å². The van der Waals surface area contributed by atoms with E-state index in [0.717, 1.165) is 11.1 Å². The minimum atomic E-state index is -4.74. The summed E-state index contributed by atoms with van der Waals surface area (Å²) in [5, 5.41) is 1.44. The molecule has 1 aliphatic heterocycles. The van der Waals surface area contributed by atoms with Crippen molar-refractivity contribution in [2.75, 3.05) is 16.5 Å². The summed E-state index contributed by atoms with van der Waals surface area (Å²) in [4.78, 5) is 43.3. The van der Waals surface area contributed by atoms with Gasteiger partial charge >= 0.3 is 6.18 Å². The van der Waals surface area contributed by atoms with Gasteiger partial charge in [0.15, 0.2) is 0 Å². The Labute approximate surface area is 221 Å². The van der Waals surface area contributed by atoms with Crippen molar-refractivity contribution in [3.8, 4) is 11.8 Å². The Morgan fingerprint density at radius 1 is 1.16 bits per heavy atom. The van der Waals surface area contributed by atoms with Gasteiger partial charge < -0.3 is 0 Å². The van der Waals surface area contributed by atoms with Crippen LogP contribution >= 0.6 is 11.6 Å². The number of hydrazine groups is 1. The molecule has 9 nitrogen and oxygen atoms in total. The molecule has 2 aromatic heterocycles. The minimum Gasteiger partial charge on any atom is -0.299 e. The molecular weight excluding hydrogens is 523 g/mol. The van der Waals surface area contributed by atoms with Crippen LogP contribution in [0.5, 0.6) is 0 Å².